The van der Waals surface area contributed by atoms with Crippen LogP contribution in [0.25, 0.3) is 0 Å². The zero-order chi connectivity index (χ0) is 23.8. The van der Waals surface area contributed by atoms with E-state index in [1.54, 1.807) is 7.05 Å². The third-order valence-corrected chi connectivity index (χ3v) is 4.78. The van der Waals surface area contributed by atoms with E-state index in [9.17, 15) is 13.9 Å². The number of quaternary nitrogens is 1. The van der Waals surface area contributed by atoms with Gasteiger partial charge in [0.25, 0.3) is 0 Å². The predicted molar refractivity (Wildman–Crippen MR) is 110 cm³/mol. The lowest BCUT2D eigenvalue weighted by atomic mass is 9.84. The lowest BCUT2D eigenvalue weighted by molar-refractivity contribution is -0.633. The molecule has 2 rings (SSSR count). The van der Waals surface area contributed by atoms with Crippen LogP contribution in [0.1, 0.15) is 30.2 Å². The summed E-state index contributed by atoms with van der Waals surface area (Å²) in [5, 5.41) is 15.5. The Kier molecular flexibility index (Phi) is 9.08. The van der Waals surface area contributed by atoms with Crippen LogP contribution >= 0.6 is 0 Å². The Balaban J connectivity index is 2.41. The van der Waals surface area contributed by atoms with Gasteiger partial charge in [0, 0.05) is 31.0 Å². The van der Waals surface area contributed by atoms with Gasteiger partial charge in [0.15, 0.2) is 11.9 Å². The first-order valence-corrected chi connectivity index (χ1v) is 10.1. The van der Waals surface area contributed by atoms with Gasteiger partial charge in [-0.15, -0.1) is 0 Å². The van der Waals surface area contributed by atoms with Crippen molar-refractivity contribution in [2.45, 2.75) is 31.3 Å². The average Bonchev–Trinajstić information content (AvgIpc) is 2.75. The molecule has 5 N–H and O–H groups in total. The molecule has 0 amide bonds. The van der Waals surface area contributed by atoms with Gasteiger partial charge < -0.3 is 9.84 Å². The van der Waals surface area contributed by atoms with Crippen LogP contribution in [0.15, 0.2) is 41.6 Å². The fraction of sp³-hybridized carbons (Fsp3) is 0.429. The number of aliphatic hydroxyl groups is 1. The molecule has 0 aliphatic rings. The van der Waals surface area contributed by atoms with E-state index in [0.29, 0.717) is 42.7 Å². The number of nitrogens with zero attached hydrogens (tertiary/aromatic N) is 3. The van der Waals surface area contributed by atoms with Gasteiger partial charge >= 0.3 is 5.92 Å². The van der Waals surface area contributed by atoms with E-state index < -0.39 is 41.0 Å². The number of hydrogen-bond donors (Lipinski definition) is 3. The van der Waals surface area contributed by atoms with Gasteiger partial charge in [-0.2, -0.15) is 8.78 Å². The molecular weight excluding hydrogens is 430 g/mol. The maximum Gasteiger partial charge on any atom is 0.323 e. The predicted octanol–water partition coefficient (Wildman–Crippen LogP) is 1.62. The molecule has 1 atom stereocenters. The Hall–Kier alpha value is -2.60. The van der Waals surface area contributed by atoms with E-state index in [2.05, 4.69) is 10.1 Å². The van der Waals surface area contributed by atoms with Gasteiger partial charge in [-0.25, -0.2) is 20.0 Å². The third-order valence-electron chi connectivity index (χ3n) is 4.78. The van der Waals surface area contributed by atoms with Crippen molar-refractivity contribution in [3.8, 4) is 0 Å². The molecule has 0 fully saturated rings. The lowest BCUT2D eigenvalue weighted by Gasteiger charge is -2.37. The highest BCUT2D eigenvalue weighted by Crippen LogP contribution is 2.45. The number of aryl methyl sites for hydroxylation is 1. The van der Waals surface area contributed by atoms with Gasteiger partial charge in [0.05, 0.1) is 13.6 Å². The number of halogens is 4. The second-order valence-corrected chi connectivity index (χ2v) is 7.11. The first-order valence-electron chi connectivity index (χ1n) is 10.1. The standard InChI is InChI=1S/C21H27F4N5O2/c1-3-32-10-4-5-15-6-9-19(28-12-15)21(24,25)20(31,13-30(26)14-29-27-2)17-8-7-16(22)11-18(17)23/h6-9,11-12,14,27,31H,3-5,10,13,26H2,1-2H3/p+1/b29-14-. The molecule has 7 nitrogen and oxygen atoms in total. The second kappa shape index (κ2) is 11.3. The molecule has 0 radical (unpaired) electrons. The van der Waals surface area contributed by atoms with Crippen LogP contribution in [0.3, 0.4) is 0 Å². The molecule has 2 aromatic rings. The van der Waals surface area contributed by atoms with E-state index in [4.69, 9.17) is 10.6 Å². The number of hydrazine groups is 1. The molecule has 32 heavy (non-hydrogen) atoms. The zero-order valence-corrected chi connectivity index (χ0v) is 17.9. The minimum atomic E-state index is -4.09. The molecule has 0 aliphatic heterocycles. The molecule has 0 bridgehead atoms. The average molecular weight is 458 g/mol. The molecule has 0 saturated carbocycles. The van der Waals surface area contributed by atoms with E-state index in [1.807, 2.05) is 6.92 Å². The first kappa shape index (κ1) is 25.7. The van der Waals surface area contributed by atoms with Crippen LogP contribution in [0.2, 0.25) is 0 Å². The van der Waals surface area contributed by atoms with Crippen molar-refractivity contribution in [3.63, 3.8) is 0 Å². The Morgan fingerprint density at radius 2 is 2.03 bits per heavy atom. The van der Waals surface area contributed by atoms with Crippen molar-refractivity contribution in [1.29, 1.82) is 0 Å². The van der Waals surface area contributed by atoms with E-state index in [-0.39, 0.29) is 0 Å². The van der Waals surface area contributed by atoms with Crippen molar-refractivity contribution in [2.75, 3.05) is 26.8 Å². The van der Waals surface area contributed by atoms with Crippen LogP contribution in [0, 0.1) is 11.6 Å². The Morgan fingerprint density at radius 3 is 2.62 bits per heavy atom. The van der Waals surface area contributed by atoms with Crippen molar-refractivity contribution in [1.82, 2.24) is 9.99 Å². The maximum atomic E-state index is 15.6. The summed E-state index contributed by atoms with van der Waals surface area (Å²) in [5.74, 6) is -0.717. The minimum absolute atomic E-state index is 0.417. The summed E-state index contributed by atoms with van der Waals surface area (Å²) in [6, 6.07) is 4.48. The molecule has 11 heteroatoms. The molecular formula is C21H28F4N5O2+. The highest BCUT2D eigenvalue weighted by atomic mass is 19.3. The Bertz CT molecular complexity index is 898. The molecule has 1 unspecified atom stereocenters. The summed E-state index contributed by atoms with van der Waals surface area (Å²) >= 11 is 0. The number of pyridine rings is 1. The van der Waals surface area contributed by atoms with Crippen LogP contribution in [-0.4, -0.2) is 48.2 Å². The molecule has 0 saturated heterocycles. The van der Waals surface area contributed by atoms with Crippen molar-refractivity contribution in [3.05, 3.63) is 65.0 Å². The summed E-state index contributed by atoms with van der Waals surface area (Å²) in [4.78, 5) is 3.81. The third kappa shape index (κ3) is 6.00. The number of alkyl halides is 2. The fourth-order valence-electron chi connectivity index (χ4n) is 3.13. The molecule has 1 heterocycles. The quantitative estimate of drug-likeness (QED) is 0.112. The van der Waals surface area contributed by atoms with Gasteiger partial charge in [0.1, 0.15) is 17.3 Å². The smallest absolute Gasteiger partial charge is 0.323 e. The fourth-order valence-corrected chi connectivity index (χ4v) is 3.13. The van der Waals surface area contributed by atoms with Gasteiger partial charge in [-0.1, -0.05) is 11.2 Å². The zero-order valence-electron chi connectivity index (χ0n) is 17.9. The van der Waals surface area contributed by atoms with Crippen molar-refractivity contribution >= 4 is 6.34 Å². The normalized spacial score (nSPS) is 14.0. The highest BCUT2D eigenvalue weighted by molar-refractivity contribution is 5.53. The van der Waals surface area contributed by atoms with Crippen LogP contribution in [0.4, 0.5) is 17.6 Å². The first-order chi connectivity index (χ1) is 15.2. The summed E-state index contributed by atoms with van der Waals surface area (Å²) in [6.45, 7) is 2.04. The summed E-state index contributed by atoms with van der Waals surface area (Å²) in [5.41, 5.74) is -2.74. The van der Waals surface area contributed by atoms with E-state index >= 15 is 8.78 Å². The molecule has 1 aromatic heterocycles. The lowest BCUT2D eigenvalue weighted by Crippen LogP contribution is -2.73. The number of ether oxygens (including phenoxy) is 1. The molecule has 176 valence electrons. The number of rotatable bonds is 12. The Labute approximate surface area is 183 Å². The number of hydrogen-bond acceptors (Lipinski definition) is 5. The number of benzene rings is 1. The number of nitrogens with two attached hydrogens (primary N) is 2. The van der Waals surface area contributed by atoms with Gasteiger partial charge in [0.2, 0.25) is 0 Å². The maximum absolute atomic E-state index is 15.6. The summed E-state index contributed by atoms with van der Waals surface area (Å²) < 4.78 is 64.4. The number of aromatic nitrogens is 1. The summed E-state index contributed by atoms with van der Waals surface area (Å²) in [6.07, 6.45) is 3.52. The minimum Gasteiger partial charge on any atom is -0.382 e. The summed E-state index contributed by atoms with van der Waals surface area (Å²) in [7, 11) is 1.57. The molecule has 1 aromatic carbocycles. The topological polar surface area (TPSA) is 101 Å². The van der Waals surface area contributed by atoms with Crippen LogP contribution < -0.4 is 11.3 Å². The van der Waals surface area contributed by atoms with Crippen molar-refractivity contribution in [2.24, 2.45) is 10.9 Å². The molecule has 0 spiro atoms. The second-order valence-electron chi connectivity index (χ2n) is 7.11. The van der Waals surface area contributed by atoms with Gasteiger partial charge in [-0.05, 0) is 43.5 Å². The SMILES string of the molecule is CCOCCCc1ccc(C(F)(F)C(O)(CN(N)/C=N\[NH2+]C)c2ccc(F)cc2F)nc1. The Morgan fingerprint density at radius 1 is 1.28 bits per heavy atom. The van der Waals surface area contributed by atoms with Crippen LogP contribution in [0.5, 0.6) is 0 Å². The van der Waals surface area contributed by atoms with Crippen molar-refractivity contribution < 1.29 is 32.8 Å². The highest BCUT2D eigenvalue weighted by Gasteiger charge is 2.58. The monoisotopic (exact) mass is 458 g/mol. The van der Waals surface area contributed by atoms with E-state index in [1.165, 1.54) is 17.7 Å². The van der Waals surface area contributed by atoms with Gasteiger partial charge in [-0.3, -0.25) is 9.99 Å². The van der Waals surface area contributed by atoms with Crippen LogP contribution in [-0.2, 0) is 22.7 Å². The largest absolute Gasteiger partial charge is 0.382 e. The van der Waals surface area contributed by atoms with E-state index in [0.717, 1.165) is 24.5 Å². The molecule has 0 aliphatic carbocycles.